The van der Waals surface area contributed by atoms with Crippen molar-refractivity contribution in [3.63, 3.8) is 0 Å². The van der Waals surface area contributed by atoms with Crippen LogP contribution in [-0.4, -0.2) is 61.4 Å². The molecule has 0 atom stereocenters. The quantitative estimate of drug-likeness (QED) is 0.624. The molecule has 0 radical (unpaired) electrons. The third-order valence-corrected chi connectivity index (χ3v) is 6.00. The Balaban J connectivity index is 1.84. The van der Waals surface area contributed by atoms with Gasteiger partial charge in [0.15, 0.2) is 11.6 Å². The fourth-order valence-corrected chi connectivity index (χ4v) is 4.14. The van der Waals surface area contributed by atoms with Crippen LogP contribution in [0.25, 0.3) is 0 Å². The maximum Gasteiger partial charge on any atom is 0.226 e. The summed E-state index contributed by atoms with van der Waals surface area (Å²) in [5.74, 6) is -2.60. The third-order valence-electron chi connectivity index (χ3n) is 6.00. The van der Waals surface area contributed by atoms with Crippen LogP contribution in [0.3, 0.4) is 0 Å². The number of benzene rings is 2. The van der Waals surface area contributed by atoms with Crippen molar-refractivity contribution in [1.29, 1.82) is 0 Å². The highest BCUT2D eigenvalue weighted by molar-refractivity contribution is 5.94. The summed E-state index contributed by atoms with van der Waals surface area (Å²) in [6, 6.07) is 7.78. The smallest absolute Gasteiger partial charge is 0.226 e. The summed E-state index contributed by atoms with van der Waals surface area (Å²) in [4.78, 5) is 31.0. The van der Waals surface area contributed by atoms with Gasteiger partial charge in [-0.05, 0) is 56.7 Å². The van der Waals surface area contributed by atoms with Gasteiger partial charge in [0.25, 0.3) is 0 Å². The van der Waals surface area contributed by atoms with Crippen LogP contribution in [0.1, 0.15) is 38.2 Å². The molecule has 190 valence electrons. The molecule has 0 saturated carbocycles. The molecule has 2 aromatic carbocycles. The van der Waals surface area contributed by atoms with E-state index in [-0.39, 0.29) is 43.5 Å². The molecule has 0 bridgehead atoms. The molecule has 2 aromatic rings. The van der Waals surface area contributed by atoms with Gasteiger partial charge in [-0.15, -0.1) is 0 Å². The van der Waals surface area contributed by atoms with E-state index < -0.39 is 17.5 Å². The number of hydrogen-bond acceptors (Lipinski definition) is 4. The first-order chi connectivity index (χ1) is 16.8. The SMILES string of the molecule is CCC(=O)N1CCCN(C)CCCN(C(=O)CCOc2cccc(F)c2)Cc2cc(F)c(F)cc21. The molecule has 1 aliphatic heterocycles. The Morgan fingerprint density at radius 2 is 1.66 bits per heavy atom. The number of rotatable bonds is 5. The first-order valence-corrected chi connectivity index (χ1v) is 11.9. The minimum atomic E-state index is -1.04. The molecular formula is C26H32F3N3O3. The van der Waals surface area contributed by atoms with Crippen molar-refractivity contribution in [2.24, 2.45) is 0 Å². The molecule has 2 amide bonds. The number of fused-ring (bicyclic) bond motifs is 1. The second-order valence-corrected chi connectivity index (χ2v) is 8.68. The lowest BCUT2D eigenvalue weighted by atomic mass is 10.1. The Labute approximate surface area is 204 Å². The Bertz CT molecular complexity index is 1030. The molecule has 0 aliphatic carbocycles. The molecule has 0 unspecified atom stereocenters. The lowest BCUT2D eigenvalue weighted by Crippen LogP contribution is -2.38. The van der Waals surface area contributed by atoms with E-state index >= 15 is 0 Å². The Morgan fingerprint density at radius 3 is 2.37 bits per heavy atom. The van der Waals surface area contributed by atoms with Crippen LogP contribution in [0.4, 0.5) is 18.9 Å². The minimum absolute atomic E-state index is 0.0303. The number of nitrogens with zero attached hydrogens (tertiary/aromatic N) is 3. The summed E-state index contributed by atoms with van der Waals surface area (Å²) in [7, 11) is 1.97. The predicted molar refractivity (Wildman–Crippen MR) is 128 cm³/mol. The van der Waals surface area contributed by atoms with Gasteiger partial charge in [0.05, 0.1) is 18.7 Å². The van der Waals surface area contributed by atoms with E-state index in [1.807, 2.05) is 7.05 Å². The molecule has 3 rings (SSSR count). The highest BCUT2D eigenvalue weighted by Crippen LogP contribution is 2.27. The van der Waals surface area contributed by atoms with Crippen LogP contribution in [-0.2, 0) is 16.1 Å². The van der Waals surface area contributed by atoms with Gasteiger partial charge in [-0.2, -0.15) is 0 Å². The van der Waals surface area contributed by atoms with Crippen LogP contribution in [0.15, 0.2) is 36.4 Å². The highest BCUT2D eigenvalue weighted by atomic mass is 19.2. The van der Waals surface area contributed by atoms with Crippen molar-refractivity contribution in [3.8, 4) is 5.75 Å². The summed E-state index contributed by atoms with van der Waals surface area (Å²) in [5.41, 5.74) is 0.659. The minimum Gasteiger partial charge on any atom is -0.493 e. The largest absolute Gasteiger partial charge is 0.493 e. The van der Waals surface area contributed by atoms with E-state index in [1.165, 1.54) is 23.1 Å². The summed E-state index contributed by atoms with van der Waals surface area (Å²) in [6.07, 6.45) is 1.63. The van der Waals surface area contributed by atoms with Gasteiger partial charge >= 0.3 is 0 Å². The Kier molecular flexibility index (Phi) is 9.54. The highest BCUT2D eigenvalue weighted by Gasteiger charge is 2.24. The lowest BCUT2D eigenvalue weighted by Gasteiger charge is -2.31. The molecule has 6 nitrogen and oxygen atoms in total. The van der Waals surface area contributed by atoms with Gasteiger partial charge in [0.2, 0.25) is 11.8 Å². The van der Waals surface area contributed by atoms with Gasteiger partial charge in [-0.25, -0.2) is 13.2 Å². The second kappa shape index (κ2) is 12.6. The molecule has 9 heteroatoms. The maximum atomic E-state index is 14.2. The normalized spacial score (nSPS) is 15.7. The fraction of sp³-hybridized carbons (Fsp3) is 0.462. The summed E-state index contributed by atoms with van der Waals surface area (Å²) >= 11 is 0. The van der Waals surface area contributed by atoms with Crippen molar-refractivity contribution < 1.29 is 27.5 Å². The van der Waals surface area contributed by atoms with Gasteiger partial charge in [-0.3, -0.25) is 9.59 Å². The first-order valence-electron chi connectivity index (χ1n) is 11.9. The number of halogens is 3. The van der Waals surface area contributed by atoms with Gasteiger partial charge in [0, 0.05) is 38.2 Å². The number of ether oxygens (including phenoxy) is 1. The number of carbonyl (C=O) groups is 2. The molecule has 0 fully saturated rings. The van der Waals surface area contributed by atoms with E-state index in [2.05, 4.69) is 4.90 Å². The summed E-state index contributed by atoms with van der Waals surface area (Å²) < 4.78 is 47.4. The van der Waals surface area contributed by atoms with Crippen molar-refractivity contribution in [2.75, 3.05) is 44.7 Å². The maximum absolute atomic E-state index is 14.2. The standard InChI is InChI=1S/C26H32F3N3O3/c1-3-25(33)32-13-6-11-30(2)10-5-12-31(18-19-15-22(28)23(29)17-24(19)32)26(34)9-14-35-21-8-4-7-20(27)16-21/h4,7-8,15-17H,3,5-6,9-14,18H2,1-2H3. The molecule has 1 heterocycles. The van der Waals surface area contributed by atoms with E-state index in [0.29, 0.717) is 37.2 Å². The lowest BCUT2D eigenvalue weighted by molar-refractivity contribution is -0.132. The van der Waals surface area contributed by atoms with E-state index in [9.17, 15) is 22.8 Å². The van der Waals surface area contributed by atoms with Crippen LogP contribution in [0, 0.1) is 17.5 Å². The Morgan fingerprint density at radius 1 is 0.943 bits per heavy atom. The number of amides is 2. The summed E-state index contributed by atoms with van der Waals surface area (Å²) in [5, 5.41) is 0. The molecular weight excluding hydrogens is 459 g/mol. The van der Waals surface area contributed by atoms with Crippen molar-refractivity contribution >= 4 is 17.5 Å². The molecule has 0 aromatic heterocycles. The Hall–Kier alpha value is -3.07. The predicted octanol–water partition coefficient (Wildman–Crippen LogP) is 4.37. The second-order valence-electron chi connectivity index (χ2n) is 8.68. The van der Waals surface area contributed by atoms with E-state index in [1.54, 1.807) is 17.9 Å². The van der Waals surface area contributed by atoms with E-state index in [0.717, 1.165) is 25.2 Å². The first kappa shape index (κ1) is 26.5. The zero-order chi connectivity index (χ0) is 25.4. The van der Waals surface area contributed by atoms with Crippen molar-refractivity contribution in [3.05, 3.63) is 59.4 Å². The zero-order valence-corrected chi connectivity index (χ0v) is 20.2. The van der Waals surface area contributed by atoms with Crippen molar-refractivity contribution in [1.82, 2.24) is 9.80 Å². The van der Waals surface area contributed by atoms with Crippen LogP contribution in [0.5, 0.6) is 5.75 Å². The average molecular weight is 492 g/mol. The molecule has 0 saturated heterocycles. The van der Waals surface area contributed by atoms with E-state index in [4.69, 9.17) is 4.74 Å². The van der Waals surface area contributed by atoms with Gasteiger partial charge < -0.3 is 19.4 Å². The van der Waals surface area contributed by atoms with Crippen molar-refractivity contribution in [2.45, 2.75) is 39.2 Å². The average Bonchev–Trinajstić information content (AvgIpc) is 2.82. The topological polar surface area (TPSA) is 53.1 Å². The molecule has 0 N–H and O–H groups in total. The molecule has 0 spiro atoms. The van der Waals surface area contributed by atoms with Crippen LogP contribution in [0.2, 0.25) is 0 Å². The number of hydrogen-bond donors (Lipinski definition) is 0. The number of carbonyl (C=O) groups excluding carboxylic acids is 2. The molecule has 35 heavy (non-hydrogen) atoms. The van der Waals surface area contributed by atoms with Crippen LogP contribution < -0.4 is 9.64 Å². The monoisotopic (exact) mass is 491 g/mol. The summed E-state index contributed by atoms with van der Waals surface area (Å²) in [6.45, 7) is 4.04. The third kappa shape index (κ3) is 7.45. The van der Waals surface area contributed by atoms with Gasteiger partial charge in [0.1, 0.15) is 11.6 Å². The fourth-order valence-electron chi connectivity index (χ4n) is 4.14. The van der Waals surface area contributed by atoms with Crippen LogP contribution >= 0.6 is 0 Å². The van der Waals surface area contributed by atoms with Gasteiger partial charge in [-0.1, -0.05) is 13.0 Å². The zero-order valence-electron chi connectivity index (χ0n) is 20.2. The molecule has 1 aliphatic rings. The number of anilines is 1.